The molecule has 146 valence electrons. The summed E-state index contributed by atoms with van der Waals surface area (Å²) in [6.07, 6.45) is 2.63. The second-order valence-electron chi connectivity index (χ2n) is 7.42. The fraction of sp³-hybridized carbons (Fsp3) is 0.579. The van der Waals surface area contributed by atoms with Gasteiger partial charge in [0.05, 0.1) is 6.10 Å². The molecular weight excluding hydrogens is 356 g/mol. The maximum absolute atomic E-state index is 13.4. The largest absolute Gasteiger partial charge is 0.387 e. The van der Waals surface area contributed by atoms with Crippen LogP contribution >= 0.6 is 0 Å². The van der Waals surface area contributed by atoms with E-state index in [4.69, 9.17) is 9.26 Å². The van der Waals surface area contributed by atoms with Gasteiger partial charge in [-0.05, 0) is 43.4 Å². The van der Waals surface area contributed by atoms with Gasteiger partial charge in [-0.1, -0.05) is 11.2 Å². The number of aliphatic hydroxyl groups is 1. The number of methoxy groups -OCH3 is 1. The first kappa shape index (κ1) is 18.5. The Balaban J connectivity index is 1.38. The van der Waals surface area contributed by atoms with Crippen LogP contribution in [-0.2, 0) is 10.3 Å². The topological polar surface area (TPSA) is 71.6 Å². The Morgan fingerprint density at radius 1 is 1.30 bits per heavy atom. The first-order valence-electron chi connectivity index (χ1n) is 9.25. The van der Waals surface area contributed by atoms with Crippen molar-refractivity contribution in [2.75, 3.05) is 26.7 Å². The molecule has 0 bridgehead atoms. The molecule has 0 spiro atoms. The predicted octanol–water partition coefficient (Wildman–Crippen LogP) is 2.90. The van der Waals surface area contributed by atoms with Crippen molar-refractivity contribution in [3.63, 3.8) is 0 Å². The summed E-state index contributed by atoms with van der Waals surface area (Å²) in [6, 6.07) is 3.48. The van der Waals surface area contributed by atoms with Crippen LogP contribution in [0.15, 0.2) is 22.7 Å². The molecule has 0 unspecified atom stereocenters. The van der Waals surface area contributed by atoms with E-state index in [-0.39, 0.29) is 0 Å². The lowest BCUT2D eigenvalue weighted by Gasteiger charge is -2.38. The number of hydrogen-bond acceptors (Lipinski definition) is 6. The number of piperidine rings is 1. The van der Waals surface area contributed by atoms with Crippen molar-refractivity contribution >= 4 is 0 Å². The summed E-state index contributed by atoms with van der Waals surface area (Å²) in [5, 5.41) is 14.4. The minimum absolute atomic E-state index is 0.335. The van der Waals surface area contributed by atoms with Gasteiger partial charge in [-0.25, -0.2) is 8.78 Å². The fourth-order valence-electron chi connectivity index (χ4n) is 3.60. The van der Waals surface area contributed by atoms with Gasteiger partial charge in [0.15, 0.2) is 17.5 Å². The minimum Gasteiger partial charge on any atom is -0.387 e. The van der Waals surface area contributed by atoms with Gasteiger partial charge >= 0.3 is 0 Å². The lowest BCUT2D eigenvalue weighted by atomic mass is 9.90. The summed E-state index contributed by atoms with van der Waals surface area (Å²) in [6.45, 7) is 1.66. The highest BCUT2D eigenvalue weighted by Crippen LogP contribution is 2.41. The average molecular weight is 379 g/mol. The zero-order valence-electron chi connectivity index (χ0n) is 15.2. The first-order chi connectivity index (χ1) is 13.0. The molecule has 0 amide bonds. The van der Waals surface area contributed by atoms with E-state index in [0.29, 0.717) is 49.8 Å². The van der Waals surface area contributed by atoms with E-state index in [1.807, 2.05) is 0 Å². The Bertz CT molecular complexity index is 801. The SMILES string of the molecule is COC1(c2nc(C3CC3)no2)CCN(C[C@H](O)c2ccc(F)c(F)c2)CC1. The van der Waals surface area contributed by atoms with Crippen LogP contribution in [0, 0.1) is 11.6 Å². The molecule has 1 aliphatic heterocycles. The molecule has 1 saturated carbocycles. The Labute approximate surface area is 156 Å². The van der Waals surface area contributed by atoms with E-state index < -0.39 is 23.3 Å². The lowest BCUT2D eigenvalue weighted by Crippen LogP contribution is -2.45. The summed E-state index contributed by atoms with van der Waals surface area (Å²) in [5.74, 6) is -0.168. The Kier molecular flexibility index (Phi) is 4.96. The number of benzene rings is 1. The maximum atomic E-state index is 13.4. The summed E-state index contributed by atoms with van der Waals surface area (Å²) in [4.78, 5) is 6.61. The third-order valence-corrected chi connectivity index (χ3v) is 5.59. The van der Waals surface area contributed by atoms with Crippen molar-refractivity contribution in [2.45, 2.75) is 43.3 Å². The van der Waals surface area contributed by atoms with Crippen LogP contribution < -0.4 is 0 Å². The van der Waals surface area contributed by atoms with Crippen LogP contribution in [0.3, 0.4) is 0 Å². The van der Waals surface area contributed by atoms with Crippen molar-refractivity contribution in [1.82, 2.24) is 15.0 Å². The number of aromatic nitrogens is 2. The van der Waals surface area contributed by atoms with E-state index in [1.165, 1.54) is 6.07 Å². The van der Waals surface area contributed by atoms with Crippen molar-refractivity contribution in [3.8, 4) is 0 Å². The van der Waals surface area contributed by atoms with Crippen LogP contribution in [0.1, 0.15) is 55.0 Å². The normalized spacial score (nSPS) is 21.3. The molecule has 1 aromatic heterocycles. The van der Waals surface area contributed by atoms with Crippen LogP contribution in [0.5, 0.6) is 0 Å². The third kappa shape index (κ3) is 3.74. The molecule has 1 aliphatic carbocycles. The first-order valence-corrected chi connectivity index (χ1v) is 9.25. The van der Waals surface area contributed by atoms with Gasteiger partial charge in [-0.15, -0.1) is 0 Å². The fourth-order valence-corrected chi connectivity index (χ4v) is 3.60. The highest BCUT2D eigenvalue weighted by molar-refractivity contribution is 5.20. The van der Waals surface area contributed by atoms with Crippen molar-refractivity contribution in [3.05, 3.63) is 47.1 Å². The molecule has 2 fully saturated rings. The second-order valence-corrected chi connectivity index (χ2v) is 7.42. The molecular formula is C19H23F2N3O3. The molecule has 4 rings (SSSR count). The van der Waals surface area contributed by atoms with Crippen LogP contribution in [0.2, 0.25) is 0 Å². The Hall–Kier alpha value is -1.90. The predicted molar refractivity (Wildman–Crippen MR) is 92.0 cm³/mol. The lowest BCUT2D eigenvalue weighted by molar-refractivity contribution is -0.0866. The molecule has 1 saturated heterocycles. The van der Waals surface area contributed by atoms with Gasteiger partial charge in [0, 0.05) is 32.7 Å². The molecule has 1 N–H and O–H groups in total. The summed E-state index contributed by atoms with van der Waals surface area (Å²) < 4.78 is 37.7. The van der Waals surface area contributed by atoms with E-state index in [9.17, 15) is 13.9 Å². The molecule has 2 heterocycles. The summed E-state index contributed by atoms with van der Waals surface area (Å²) in [7, 11) is 1.65. The summed E-state index contributed by atoms with van der Waals surface area (Å²) in [5.41, 5.74) is -0.243. The maximum Gasteiger partial charge on any atom is 0.258 e. The van der Waals surface area contributed by atoms with Gasteiger partial charge in [-0.2, -0.15) is 4.98 Å². The number of nitrogens with zero attached hydrogens (tertiary/aromatic N) is 3. The van der Waals surface area contributed by atoms with Gasteiger partial charge in [0.2, 0.25) is 0 Å². The number of hydrogen-bond donors (Lipinski definition) is 1. The van der Waals surface area contributed by atoms with Crippen LogP contribution in [0.25, 0.3) is 0 Å². The van der Waals surface area contributed by atoms with Crippen molar-refractivity contribution in [2.24, 2.45) is 0 Å². The highest BCUT2D eigenvalue weighted by Gasteiger charge is 2.42. The monoisotopic (exact) mass is 379 g/mol. The molecule has 2 aromatic rings. The number of aliphatic hydroxyl groups excluding tert-OH is 1. The second kappa shape index (κ2) is 7.26. The van der Waals surface area contributed by atoms with E-state index in [0.717, 1.165) is 30.8 Å². The average Bonchev–Trinajstić information content (AvgIpc) is 3.41. The standard InChI is InChI=1S/C19H23F2N3O3/c1-26-19(18-22-17(23-27-18)12-2-3-12)6-8-24(9-7-19)11-16(25)13-4-5-14(20)15(21)10-13/h4-5,10,12,16,25H,2-3,6-9,11H2,1H3/t16-/m0/s1. The molecule has 1 atom stereocenters. The van der Waals surface area contributed by atoms with Crippen LogP contribution in [0.4, 0.5) is 8.78 Å². The Morgan fingerprint density at radius 3 is 2.67 bits per heavy atom. The van der Waals surface area contributed by atoms with Gasteiger partial charge in [0.1, 0.15) is 5.60 Å². The highest BCUT2D eigenvalue weighted by atomic mass is 19.2. The zero-order chi connectivity index (χ0) is 19.0. The summed E-state index contributed by atoms with van der Waals surface area (Å²) >= 11 is 0. The zero-order valence-corrected chi connectivity index (χ0v) is 15.2. The molecule has 27 heavy (non-hydrogen) atoms. The molecule has 2 aliphatic rings. The van der Waals surface area contributed by atoms with Gasteiger partial charge < -0.3 is 19.3 Å². The van der Waals surface area contributed by atoms with Crippen molar-refractivity contribution in [1.29, 1.82) is 0 Å². The van der Waals surface area contributed by atoms with Crippen LogP contribution in [-0.4, -0.2) is 46.9 Å². The Morgan fingerprint density at radius 2 is 2.04 bits per heavy atom. The van der Waals surface area contributed by atoms with Crippen molar-refractivity contribution < 1.29 is 23.1 Å². The quantitative estimate of drug-likeness (QED) is 0.832. The molecule has 1 aromatic carbocycles. The molecule has 8 heteroatoms. The number of ether oxygens (including phenoxy) is 1. The minimum atomic E-state index is -0.952. The van der Waals surface area contributed by atoms with E-state index in [2.05, 4.69) is 15.0 Å². The number of rotatable bonds is 6. The number of halogens is 2. The molecule has 6 nitrogen and oxygen atoms in total. The van der Waals surface area contributed by atoms with E-state index in [1.54, 1.807) is 7.11 Å². The van der Waals surface area contributed by atoms with Gasteiger partial charge in [0.25, 0.3) is 5.89 Å². The third-order valence-electron chi connectivity index (χ3n) is 5.59. The smallest absolute Gasteiger partial charge is 0.258 e. The number of β-amino-alcohol motifs (C(OH)–C–C–N with tert-alkyl or cyclic N) is 1. The molecule has 0 radical (unpaired) electrons. The van der Waals surface area contributed by atoms with Gasteiger partial charge in [-0.3, -0.25) is 0 Å². The number of likely N-dealkylation sites (tertiary alicyclic amines) is 1. The van der Waals surface area contributed by atoms with E-state index >= 15 is 0 Å².